The molecule has 1 atom stereocenters. The first-order chi connectivity index (χ1) is 8.76. The summed E-state index contributed by atoms with van der Waals surface area (Å²) < 4.78 is 40.1. The quantitative estimate of drug-likeness (QED) is 0.865. The lowest BCUT2D eigenvalue weighted by molar-refractivity contribution is 0.281. The van der Waals surface area contributed by atoms with Gasteiger partial charge in [-0.15, -0.1) is 0 Å². The minimum atomic E-state index is -3.83. The lowest BCUT2D eigenvalue weighted by atomic mass is 10.1. The summed E-state index contributed by atoms with van der Waals surface area (Å²) in [6.45, 7) is 4.16. The van der Waals surface area contributed by atoms with Gasteiger partial charge in [0.1, 0.15) is 10.7 Å². The standard InChI is InChI=1S/C13H18FNO3S/c1-13(2)6-10(13)7-15-19(17,18)12-4-3-9(8-16)5-11(12)14/h3-5,10,15-16H,6-8H2,1-2H3. The first kappa shape index (κ1) is 14.4. The molecule has 106 valence electrons. The SMILES string of the molecule is CC1(C)CC1CNS(=O)(=O)c1ccc(CO)cc1F. The van der Waals surface area contributed by atoms with Crippen molar-refractivity contribution in [2.24, 2.45) is 11.3 Å². The van der Waals surface area contributed by atoms with Gasteiger partial charge in [-0.1, -0.05) is 19.9 Å². The molecule has 0 heterocycles. The van der Waals surface area contributed by atoms with Crippen molar-refractivity contribution < 1.29 is 17.9 Å². The highest BCUT2D eigenvalue weighted by atomic mass is 32.2. The summed E-state index contributed by atoms with van der Waals surface area (Å²) in [4.78, 5) is -0.372. The molecule has 1 aromatic rings. The fourth-order valence-corrected chi connectivity index (χ4v) is 3.21. The van der Waals surface area contributed by atoms with E-state index in [0.29, 0.717) is 18.0 Å². The van der Waals surface area contributed by atoms with Crippen LogP contribution in [-0.2, 0) is 16.6 Å². The highest BCUT2D eigenvalue weighted by Crippen LogP contribution is 2.51. The molecular formula is C13H18FNO3S. The molecule has 2 rings (SSSR count). The van der Waals surface area contributed by atoms with Crippen molar-refractivity contribution in [1.82, 2.24) is 4.72 Å². The molecule has 1 aliphatic carbocycles. The Balaban J connectivity index is 2.11. The maximum atomic E-state index is 13.7. The van der Waals surface area contributed by atoms with E-state index in [2.05, 4.69) is 18.6 Å². The van der Waals surface area contributed by atoms with Crippen LogP contribution in [0.1, 0.15) is 25.8 Å². The first-order valence-corrected chi connectivity index (χ1v) is 7.63. The molecule has 1 aliphatic rings. The summed E-state index contributed by atoms with van der Waals surface area (Å²) in [5.41, 5.74) is 0.515. The molecule has 19 heavy (non-hydrogen) atoms. The van der Waals surface area contributed by atoms with Gasteiger partial charge in [0, 0.05) is 6.54 Å². The van der Waals surface area contributed by atoms with E-state index >= 15 is 0 Å². The minimum absolute atomic E-state index is 0.168. The molecule has 0 spiro atoms. The van der Waals surface area contributed by atoms with Crippen LogP contribution in [0.15, 0.2) is 23.1 Å². The highest BCUT2D eigenvalue weighted by Gasteiger charge is 2.45. The second-order valence-corrected chi connectivity index (χ2v) is 7.40. The summed E-state index contributed by atoms with van der Waals surface area (Å²) in [6.07, 6.45) is 0.974. The number of benzene rings is 1. The van der Waals surface area contributed by atoms with Gasteiger partial charge in [0.2, 0.25) is 10.0 Å². The van der Waals surface area contributed by atoms with Gasteiger partial charge in [0.05, 0.1) is 6.61 Å². The van der Waals surface area contributed by atoms with Crippen LogP contribution in [0.25, 0.3) is 0 Å². The number of nitrogens with one attached hydrogen (secondary N) is 1. The number of rotatable bonds is 5. The lowest BCUT2D eigenvalue weighted by Gasteiger charge is -2.09. The normalized spacial score (nSPS) is 21.4. The van der Waals surface area contributed by atoms with Crippen molar-refractivity contribution in [3.63, 3.8) is 0 Å². The van der Waals surface area contributed by atoms with Crippen LogP contribution < -0.4 is 4.72 Å². The number of aliphatic hydroxyl groups is 1. The van der Waals surface area contributed by atoms with E-state index < -0.39 is 15.8 Å². The molecule has 0 aromatic heterocycles. The third kappa shape index (κ3) is 3.13. The molecule has 2 N–H and O–H groups in total. The van der Waals surface area contributed by atoms with E-state index in [1.54, 1.807) is 0 Å². The van der Waals surface area contributed by atoms with Gasteiger partial charge < -0.3 is 5.11 Å². The molecule has 1 aromatic carbocycles. The second kappa shape index (κ2) is 4.85. The van der Waals surface area contributed by atoms with Gasteiger partial charge in [-0.2, -0.15) is 0 Å². The Morgan fingerprint density at radius 3 is 2.58 bits per heavy atom. The number of halogens is 1. The molecule has 0 saturated heterocycles. The number of aliphatic hydroxyl groups excluding tert-OH is 1. The fourth-order valence-electron chi connectivity index (χ4n) is 2.07. The third-order valence-electron chi connectivity index (χ3n) is 3.71. The number of hydrogen-bond acceptors (Lipinski definition) is 3. The van der Waals surface area contributed by atoms with Crippen molar-refractivity contribution >= 4 is 10.0 Å². The van der Waals surface area contributed by atoms with Crippen LogP contribution >= 0.6 is 0 Å². The fraction of sp³-hybridized carbons (Fsp3) is 0.538. The maximum Gasteiger partial charge on any atom is 0.243 e. The van der Waals surface area contributed by atoms with Crippen molar-refractivity contribution in [2.45, 2.75) is 31.8 Å². The van der Waals surface area contributed by atoms with Crippen molar-refractivity contribution in [1.29, 1.82) is 0 Å². The van der Waals surface area contributed by atoms with Crippen LogP contribution in [0.3, 0.4) is 0 Å². The largest absolute Gasteiger partial charge is 0.392 e. The zero-order valence-electron chi connectivity index (χ0n) is 11.0. The van der Waals surface area contributed by atoms with Crippen LogP contribution in [0, 0.1) is 17.2 Å². The molecule has 0 amide bonds. The van der Waals surface area contributed by atoms with E-state index in [0.717, 1.165) is 12.5 Å². The molecule has 1 unspecified atom stereocenters. The molecule has 6 heteroatoms. The van der Waals surface area contributed by atoms with Crippen LogP contribution in [0.4, 0.5) is 4.39 Å². The number of sulfonamides is 1. The van der Waals surface area contributed by atoms with Gasteiger partial charge in [0.25, 0.3) is 0 Å². The predicted octanol–water partition coefficient (Wildman–Crippen LogP) is 1.64. The summed E-state index contributed by atoms with van der Waals surface area (Å²) >= 11 is 0. The van der Waals surface area contributed by atoms with E-state index in [1.807, 2.05) is 0 Å². The van der Waals surface area contributed by atoms with Gasteiger partial charge in [-0.3, -0.25) is 0 Å². The second-order valence-electron chi connectivity index (χ2n) is 5.66. The predicted molar refractivity (Wildman–Crippen MR) is 69.4 cm³/mol. The average molecular weight is 287 g/mol. The Bertz CT molecular complexity index is 584. The topological polar surface area (TPSA) is 66.4 Å². The summed E-state index contributed by atoms with van der Waals surface area (Å²) in [5.74, 6) is -0.531. The van der Waals surface area contributed by atoms with E-state index in [-0.39, 0.29) is 16.9 Å². The van der Waals surface area contributed by atoms with E-state index in [1.165, 1.54) is 12.1 Å². The van der Waals surface area contributed by atoms with Crippen LogP contribution in [0.5, 0.6) is 0 Å². The van der Waals surface area contributed by atoms with Crippen molar-refractivity contribution in [3.8, 4) is 0 Å². The van der Waals surface area contributed by atoms with Gasteiger partial charge in [-0.25, -0.2) is 17.5 Å². The van der Waals surface area contributed by atoms with E-state index in [9.17, 15) is 12.8 Å². The summed E-state index contributed by atoms with van der Waals surface area (Å²) in [7, 11) is -3.83. The Morgan fingerprint density at radius 1 is 1.47 bits per heavy atom. The average Bonchev–Trinajstić information content (AvgIpc) is 2.94. The zero-order chi connectivity index (χ0) is 14.3. The Labute approximate surface area is 112 Å². The van der Waals surface area contributed by atoms with Crippen molar-refractivity contribution in [3.05, 3.63) is 29.6 Å². The molecular weight excluding hydrogens is 269 g/mol. The molecule has 0 aliphatic heterocycles. The molecule has 1 saturated carbocycles. The van der Waals surface area contributed by atoms with Crippen molar-refractivity contribution in [2.75, 3.05) is 6.54 Å². The Morgan fingerprint density at radius 2 is 2.11 bits per heavy atom. The maximum absolute atomic E-state index is 13.7. The molecule has 0 radical (unpaired) electrons. The molecule has 4 nitrogen and oxygen atoms in total. The zero-order valence-corrected chi connectivity index (χ0v) is 11.8. The summed E-state index contributed by atoms with van der Waals surface area (Å²) in [5, 5.41) is 8.87. The van der Waals surface area contributed by atoms with E-state index in [4.69, 9.17) is 5.11 Å². The number of hydrogen-bond donors (Lipinski definition) is 2. The monoisotopic (exact) mass is 287 g/mol. The lowest BCUT2D eigenvalue weighted by Crippen LogP contribution is -2.27. The molecule has 1 fully saturated rings. The third-order valence-corrected chi connectivity index (χ3v) is 5.16. The smallest absolute Gasteiger partial charge is 0.243 e. The van der Waals surface area contributed by atoms with Crippen LogP contribution in [-0.4, -0.2) is 20.1 Å². The van der Waals surface area contributed by atoms with Gasteiger partial charge in [0.15, 0.2) is 0 Å². The van der Waals surface area contributed by atoms with Crippen LogP contribution in [0.2, 0.25) is 0 Å². The Kier molecular flexibility index (Phi) is 3.68. The first-order valence-electron chi connectivity index (χ1n) is 6.15. The Hall–Kier alpha value is -0.980. The molecule has 0 bridgehead atoms. The highest BCUT2D eigenvalue weighted by molar-refractivity contribution is 7.89. The van der Waals surface area contributed by atoms with Gasteiger partial charge in [-0.05, 0) is 35.4 Å². The minimum Gasteiger partial charge on any atom is -0.392 e. The summed E-state index contributed by atoms with van der Waals surface area (Å²) in [6, 6.07) is 3.62. The van der Waals surface area contributed by atoms with Gasteiger partial charge >= 0.3 is 0 Å².